The minimum Gasteiger partial charge on any atom is -0.348 e. The Labute approximate surface area is 156 Å². The molecule has 0 unspecified atom stereocenters. The van der Waals surface area contributed by atoms with Gasteiger partial charge in [-0.1, -0.05) is 42.0 Å². The molecule has 3 rings (SSSR count). The lowest BCUT2D eigenvalue weighted by atomic mass is 10.0. The van der Waals surface area contributed by atoms with Crippen LogP contribution < -0.4 is 10.6 Å². The van der Waals surface area contributed by atoms with E-state index < -0.39 is 0 Å². The number of nitrogens with one attached hydrogen (secondary N) is 2. The second-order valence-electron chi connectivity index (χ2n) is 6.04. The zero-order valence-corrected chi connectivity index (χ0v) is 16.0. The van der Waals surface area contributed by atoms with Crippen LogP contribution in [-0.4, -0.2) is 12.5 Å². The highest BCUT2D eigenvalue weighted by Crippen LogP contribution is 2.26. The van der Waals surface area contributed by atoms with Gasteiger partial charge in [0.05, 0.1) is 18.6 Å². The van der Waals surface area contributed by atoms with Crippen molar-refractivity contribution >= 4 is 28.6 Å². The molecule has 0 radical (unpaired) electrons. The maximum Gasteiger partial charge on any atom is 0.234 e. The number of benzene rings is 1. The fourth-order valence-corrected chi connectivity index (χ4v) is 4.25. The highest BCUT2D eigenvalue weighted by molar-refractivity contribution is 7.10. The minimum atomic E-state index is 0.00886. The van der Waals surface area contributed by atoms with E-state index in [1.54, 1.807) is 22.7 Å². The van der Waals surface area contributed by atoms with Crippen LogP contribution >= 0.6 is 22.7 Å². The lowest BCUT2D eigenvalue weighted by molar-refractivity contribution is -0.120. The summed E-state index contributed by atoms with van der Waals surface area (Å²) in [4.78, 5) is 14.7. The van der Waals surface area contributed by atoms with Gasteiger partial charge in [0, 0.05) is 9.75 Å². The van der Waals surface area contributed by atoms with Gasteiger partial charge in [-0.2, -0.15) is 0 Å². The Balaban J connectivity index is 1.64. The van der Waals surface area contributed by atoms with E-state index in [4.69, 9.17) is 0 Å². The smallest absolute Gasteiger partial charge is 0.234 e. The van der Waals surface area contributed by atoms with Crippen molar-refractivity contribution in [2.45, 2.75) is 25.9 Å². The standard InChI is InChI=1S/C20H22N2OS2/c1-14-7-9-16(10-8-14)20(18-6-4-12-25-18)21-13-19(23)22-15(2)17-5-3-11-24-17/h3-12,15,20-21H,13H2,1-2H3,(H,22,23)/t15-,20+/m0/s1. The van der Waals surface area contributed by atoms with Gasteiger partial charge in [0.2, 0.25) is 5.91 Å². The van der Waals surface area contributed by atoms with Gasteiger partial charge in [-0.3, -0.25) is 10.1 Å². The van der Waals surface area contributed by atoms with Crippen LogP contribution in [0.2, 0.25) is 0 Å². The molecule has 25 heavy (non-hydrogen) atoms. The Morgan fingerprint density at radius 3 is 2.24 bits per heavy atom. The van der Waals surface area contributed by atoms with E-state index >= 15 is 0 Å². The summed E-state index contributed by atoms with van der Waals surface area (Å²) in [5.41, 5.74) is 2.41. The van der Waals surface area contributed by atoms with E-state index in [1.165, 1.54) is 20.9 Å². The zero-order valence-electron chi connectivity index (χ0n) is 14.4. The monoisotopic (exact) mass is 370 g/mol. The van der Waals surface area contributed by atoms with Crippen molar-refractivity contribution in [3.63, 3.8) is 0 Å². The van der Waals surface area contributed by atoms with E-state index in [1.807, 2.05) is 30.5 Å². The number of carbonyl (C=O) groups excluding carboxylic acids is 1. The summed E-state index contributed by atoms with van der Waals surface area (Å²) in [6, 6.07) is 16.7. The summed E-state index contributed by atoms with van der Waals surface area (Å²) in [6.45, 7) is 4.38. The zero-order chi connectivity index (χ0) is 17.6. The summed E-state index contributed by atoms with van der Waals surface area (Å²) in [5.74, 6) is 0.00886. The van der Waals surface area contributed by atoms with E-state index in [0.29, 0.717) is 0 Å². The second kappa shape index (κ2) is 8.43. The van der Waals surface area contributed by atoms with Gasteiger partial charge in [0.25, 0.3) is 0 Å². The summed E-state index contributed by atoms with van der Waals surface area (Å²) in [5, 5.41) is 10.6. The number of aryl methyl sites for hydroxylation is 1. The molecular weight excluding hydrogens is 348 g/mol. The molecule has 3 aromatic rings. The predicted octanol–water partition coefficient (Wildman–Crippen LogP) is 4.67. The number of rotatable bonds is 7. The Morgan fingerprint density at radius 1 is 1.00 bits per heavy atom. The van der Waals surface area contributed by atoms with Crippen LogP contribution in [0.15, 0.2) is 59.3 Å². The molecule has 2 N–H and O–H groups in total. The fourth-order valence-electron chi connectivity index (χ4n) is 2.69. The van der Waals surface area contributed by atoms with Crippen molar-refractivity contribution < 1.29 is 4.79 Å². The molecule has 2 aromatic heterocycles. The Kier molecular flexibility index (Phi) is 6.02. The lowest BCUT2D eigenvalue weighted by Crippen LogP contribution is -2.37. The maximum atomic E-state index is 12.3. The van der Waals surface area contributed by atoms with Crippen molar-refractivity contribution in [2.24, 2.45) is 0 Å². The van der Waals surface area contributed by atoms with Crippen molar-refractivity contribution in [1.82, 2.24) is 10.6 Å². The third kappa shape index (κ3) is 4.78. The molecule has 0 aliphatic heterocycles. The van der Waals surface area contributed by atoms with Gasteiger partial charge in [-0.25, -0.2) is 0 Å². The summed E-state index contributed by atoms with van der Waals surface area (Å²) in [6.07, 6.45) is 0. The summed E-state index contributed by atoms with van der Waals surface area (Å²) >= 11 is 3.36. The Bertz CT molecular complexity index is 780. The minimum absolute atomic E-state index is 0.00886. The van der Waals surface area contributed by atoms with Crippen LogP contribution in [0.25, 0.3) is 0 Å². The normalized spacial score (nSPS) is 13.4. The van der Waals surface area contributed by atoms with Gasteiger partial charge < -0.3 is 5.32 Å². The van der Waals surface area contributed by atoms with Crippen LogP contribution in [0.4, 0.5) is 0 Å². The van der Waals surface area contributed by atoms with Crippen molar-refractivity contribution in [1.29, 1.82) is 0 Å². The van der Waals surface area contributed by atoms with Gasteiger partial charge in [0.1, 0.15) is 0 Å². The quantitative estimate of drug-likeness (QED) is 0.634. The molecule has 0 aliphatic rings. The van der Waals surface area contributed by atoms with Crippen LogP contribution in [0, 0.1) is 6.92 Å². The van der Waals surface area contributed by atoms with Gasteiger partial charge in [0.15, 0.2) is 0 Å². The highest BCUT2D eigenvalue weighted by Gasteiger charge is 2.17. The third-order valence-corrected chi connectivity index (χ3v) is 6.04. The lowest BCUT2D eigenvalue weighted by Gasteiger charge is -2.19. The third-order valence-electron chi connectivity index (χ3n) is 4.05. The average Bonchev–Trinajstić information content (AvgIpc) is 3.30. The average molecular weight is 371 g/mol. The van der Waals surface area contributed by atoms with Crippen LogP contribution in [-0.2, 0) is 4.79 Å². The first-order valence-electron chi connectivity index (χ1n) is 8.29. The molecule has 130 valence electrons. The second-order valence-corrected chi connectivity index (χ2v) is 8.00. The Morgan fingerprint density at radius 2 is 1.64 bits per heavy atom. The Hall–Kier alpha value is -1.95. The first-order valence-corrected chi connectivity index (χ1v) is 10.1. The molecule has 2 heterocycles. The largest absolute Gasteiger partial charge is 0.348 e. The maximum absolute atomic E-state index is 12.3. The molecule has 5 heteroatoms. The first kappa shape index (κ1) is 17.9. The summed E-state index contributed by atoms with van der Waals surface area (Å²) in [7, 11) is 0. The SMILES string of the molecule is Cc1ccc([C@@H](NCC(=O)N[C@@H](C)c2cccs2)c2cccs2)cc1. The van der Waals surface area contributed by atoms with Crippen molar-refractivity contribution in [3.8, 4) is 0 Å². The van der Waals surface area contributed by atoms with Crippen LogP contribution in [0.5, 0.6) is 0 Å². The molecule has 0 aliphatic carbocycles. The number of carbonyl (C=O) groups is 1. The number of amides is 1. The van der Waals surface area contributed by atoms with Gasteiger partial charge >= 0.3 is 0 Å². The topological polar surface area (TPSA) is 41.1 Å². The van der Waals surface area contributed by atoms with E-state index in [0.717, 1.165) is 0 Å². The van der Waals surface area contributed by atoms with Gasteiger partial charge in [-0.05, 0) is 42.3 Å². The molecule has 0 spiro atoms. The molecule has 3 nitrogen and oxygen atoms in total. The van der Waals surface area contributed by atoms with Crippen molar-refractivity contribution in [3.05, 3.63) is 80.2 Å². The van der Waals surface area contributed by atoms with E-state index in [-0.39, 0.29) is 24.5 Å². The molecule has 2 atom stereocenters. The number of hydrogen-bond acceptors (Lipinski definition) is 4. The van der Waals surface area contributed by atoms with E-state index in [2.05, 4.69) is 53.3 Å². The van der Waals surface area contributed by atoms with Crippen LogP contribution in [0.1, 0.15) is 39.9 Å². The molecule has 0 saturated carbocycles. The fraction of sp³-hybridized carbons (Fsp3) is 0.250. The van der Waals surface area contributed by atoms with Gasteiger partial charge in [-0.15, -0.1) is 22.7 Å². The molecule has 0 saturated heterocycles. The van der Waals surface area contributed by atoms with Crippen molar-refractivity contribution in [2.75, 3.05) is 6.54 Å². The molecular formula is C20H22N2OS2. The number of thiophene rings is 2. The molecule has 0 fully saturated rings. The molecule has 1 amide bonds. The highest BCUT2D eigenvalue weighted by atomic mass is 32.1. The van der Waals surface area contributed by atoms with E-state index in [9.17, 15) is 4.79 Å². The number of hydrogen-bond donors (Lipinski definition) is 2. The molecule has 0 bridgehead atoms. The van der Waals surface area contributed by atoms with Crippen LogP contribution in [0.3, 0.4) is 0 Å². The molecule has 1 aromatic carbocycles. The predicted molar refractivity (Wildman–Crippen MR) is 106 cm³/mol. The first-order chi connectivity index (χ1) is 12.1. The summed E-state index contributed by atoms with van der Waals surface area (Å²) < 4.78 is 0.